The first-order valence-electron chi connectivity index (χ1n) is 6.56. The molecule has 0 radical (unpaired) electrons. The second-order valence-corrected chi connectivity index (χ2v) is 4.55. The number of aryl methyl sites for hydroxylation is 1. The Kier molecular flexibility index (Phi) is 4.77. The Labute approximate surface area is 119 Å². The van der Waals surface area contributed by atoms with Crippen LogP contribution >= 0.6 is 0 Å². The SMILES string of the molecule is COC(=O)c1ccc(CCOc2ccccc2)cc1C. The van der Waals surface area contributed by atoms with Gasteiger partial charge in [-0.1, -0.05) is 30.3 Å². The molecular formula is C17H18O3. The highest BCUT2D eigenvalue weighted by molar-refractivity contribution is 5.90. The third-order valence-electron chi connectivity index (χ3n) is 3.10. The van der Waals surface area contributed by atoms with Gasteiger partial charge in [-0.3, -0.25) is 0 Å². The molecule has 0 bridgehead atoms. The molecule has 0 saturated carbocycles. The lowest BCUT2D eigenvalue weighted by Gasteiger charge is -2.08. The van der Waals surface area contributed by atoms with Gasteiger partial charge >= 0.3 is 5.97 Å². The number of carbonyl (C=O) groups is 1. The molecule has 0 heterocycles. The Morgan fingerprint density at radius 1 is 1.10 bits per heavy atom. The molecule has 0 spiro atoms. The largest absolute Gasteiger partial charge is 0.493 e. The van der Waals surface area contributed by atoms with Gasteiger partial charge in [0.1, 0.15) is 5.75 Å². The average Bonchev–Trinajstić information content (AvgIpc) is 2.48. The lowest BCUT2D eigenvalue weighted by atomic mass is 10.0. The van der Waals surface area contributed by atoms with Crippen molar-refractivity contribution in [2.75, 3.05) is 13.7 Å². The molecular weight excluding hydrogens is 252 g/mol. The minimum Gasteiger partial charge on any atom is -0.493 e. The summed E-state index contributed by atoms with van der Waals surface area (Å²) in [6.07, 6.45) is 0.803. The molecule has 0 fully saturated rings. The summed E-state index contributed by atoms with van der Waals surface area (Å²) in [5, 5.41) is 0. The lowest BCUT2D eigenvalue weighted by Crippen LogP contribution is -2.06. The number of carbonyl (C=O) groups excluding carboxylic acids is 1. The molecule has 20 heavy (non-hydrogen) atoms. The lowest BCUT2D eigenvalue weighted by molar-refractivity contribution is 0.0600. The smallest absolute Gasteiger partial charge is 0.338 e. The van der Waals surface area contributed by atoms with E-state index in [1.165, 1.54) is 7.11 Å². The minimum atomic E-state index is -0.297. The van der Waals surface area contributed by atoms with E-state index in [4.69, 9.17) is 9.47 Å². The van der Waals surface area contributed by atoms with E-state index in [1.807, 2.05) is 49.4 Å². The van der Waals surface area contributed by atoms with E-state index in [-0.39, 0.29) is 5.97 Å². The van der Waals surface area contributed by atoms with Gasteiger partial charge < -0.3 is 9.47 Å². The van der Waals surface area contributed by atoms with E-state index in [2.05, 4.69) is 0 Å². The molecule has 0 aromatic heterocycles. The fourth-order valence-corrected chi connectivity index (χ4v) is 2.02. The summed E-state index contributed by atoms with van der Waals surface area (Å²) in [5.41, 5.74) is 2.68. The Balaban J connectivity index is 1.94. The van der Waals surface area contributed by atoms with E-state index in [1.54, 1.807) is 6.07 Å². The molecule has 0 amide bonds. The highest BCUT2D eigenvalue weighted by atomic mass is 16.5. The number of rotatable bonds is 5. The van der Waals surface area contributed by atoms with Crippen LogP contribution in [0.4, 0.5) is 0 Å². The standard InChI is InChI=1S/C17H18O3/c1-13-12-14(8-9-16(13)17(18)19-2)10-11-20-15-6-4-3-5-7-15/h3-9,12H,10-11H2,1-2H3. The van der Waals surface area contributed by atoms with E-state index in [0.717, 1.165) is 23.3 Å². The number of hydrogen-bond acceptors (Lipinski definition) is 3. The second kappa shape index (κ2) is 6.75. The molecule has 2 aromatic carbocycles. The van der Waals surface area contributed by atoms with Crippen molar-refractivity contribution in [1.29, 1.82) is 0 Å². The van der Waals surface area contributed by atoms with Crippen molar-refractivity contribution in [1.82, 2.24) is 0 Å². The van der Waals surface area contributed by atoms with Crippen LogP contribution in [-0.4, -0.2) is 19.7 Å². The van der Waals surface area contributed by atoms with Crippen molar-refractivity contribution in [2.24, 2.45) is 0 Å². The predicted octanol–water partition coefficient (Wildman–Crippen LogP) is 3.40. The third kappa shape index (κ3) is 3.60. The maximum atomic E-state index is 11.5. The van der Waals surface area contributed by atoms with Gasteiger partial charge in [0.15, 0.2) is 0 Å². The third-order valence-corrected chi connectivity index (χ3v) is 3.10. The summed E-state index contributed by atoms with van der Waals surface area (Å²) in [4.78, 5) is 11.5. The van der Waals surface area contributed by atoms with Gasteiger partial charge in [0.05, 0.1) is 19.3 Å². The normalized spacial score (nSPS) is 10.1. The summed E-state index contributed by atoms with van der Waals surface area (Å²) in [6.45, 7) is 2.52. The van der Waals surface area contributed by atoms with Crippen LogP contribution in [0.5, 0.6) is 5.75 Å². The molecule has 0 aliphatic rings. The van der Waals surface area contributed by atoms with E-state index in [0.29, 0.717) is 12.2 Å². The maximum Gasteiger partial charge on any atom is 0.338 e. The van der Waals surface area contributed by atoms with Crippen molar-refractivity contribution in [2.45, 2.75) is 13.3 Å². The Morgan fingerprint density at radius 2 is 1.85 bits per heavy atom. The Hall–Kier alpha value is -2.29. The summed E-state index contributed by atoms with van der Waals surface area (Å²) in [6, 6.07) is 15.5. The number of ether oxygens (including phenoxy) is 2. The van der Waals surface area contributed by atoms with E-state index < -0.39 is 0 Å². The van der Waals surface area contributed by atoms with Gasteiger partial charge in [0, 0.05) is 6.42 Å². The summed E-state index contributed by atoms with van der Waals surface area (Å²) in [5.74, 6) is 0.574. The molecule has 0 aliphatic heterocycles. The molecule has 3 nitrogen and oxygen atoms in total. The van der Waals surface area contributed by atoms with Crippen molar-refractivity contribution in [3.63, 3.8) is 0 Å². The number of benzene rings is 2. The van der Waals surface area contributed by atoms with Crippen LogP contribution in [0, 0.1) is 6.92 Å². The van der Waals surface area contributed by atoms with Gasteiger partial charge in [0.25, 0.3) is 0 Å². The molecule has 0 N–H and O–H groups in total. The van der Waals surface area contributed by atoms with Crippen LogP contribution in [0.3, 0.4) is 0 Å². The fourth-order valence-electron chi connectivity index (χ4n) is 2.02. The zero-order valence-corrected chi connectivity index (χ0v) is 11.8. The van der Waals surface area contributed by atoms with Gasteiger partial charge in [-0.05, 0) is 36.2 Å². The average molecular weight is 270 g/mol. The Bertz CT molecular complexity index is 576. The molecule has 0 atom stereocenters. The predicted molar refractivity (Wildman–Crippen MR) is 78.2 cm³/mol. The van der Waals surface area contributed by atoms with Crippen LogP contribution in [-0.2, 0) is 11.2 Å². The zero-order chi connectivity index (χ0) is 14.4. The van der Waals surface area contributed by atoms with Gasteiger partial charge in [-0.2, -0.15) is 0 Å². The highest BCUT2D eigenvalue weighted by Crippen LogP contribution is 2.14. The summed E-state index contributed by atoms with van der Waals surface area (Å²) < 4.78 is 10.4. The zero-order valence-electron chi connectivity index (χ0n) is 11.8. The van der Waals surface area contributed by atoms with Gasteiger partial charge in [0.2, 0.25) is 0 Å². The topological polar surface area (TPSA) is 35.5 Å². The monoisotopic (exact) mass is 270 g/mol. The number of hydrogen-bond donors (Lipinski definition) is 0. The van der Waals surface area contributed by atoms with Crippen LogP contribution in [0.2, 0.25) is 0 Å². The van der Waals surface area contributed by atoms with Crippen molar-refractivity contribution in [3.8, 4) is 5.75 Å². The molecule has 0 aliphatic carbocycles. The van der Waals surface area contributed by atoms with Gasteiger partial charge in [-0.25, -0.2) is 4.79 Å². The first-order valence-corrected chi connectivity index (χ1v) is 6.56. The molecule has 0 unspecified atom stereocenters. The van der Waals surface area contributed by atoms with Crippen LogP contribution in [0.25, 0.3) is 0 Å². The highest BCUT2D eigenvalue weighted by Gasteiger charge is 2.09. The van der Waals surface area contributed by atoms with Crippen LogP contribution < -0.4 is 4.74 Å². The fraction of sp³-hybridized carbons (Fsp3) is 0.235. The van der Waals surface area contributed by atoms with Crippen molar-refractivity contribution >= 4 is 5.97 Å². The first kappa shape index (κ1) is 14.1. The van der Waals surface area contributed by atoms with Crippen LogP contribution in [0.15, 0.2) is 48.5 Å². The maximum absolute atomic E-state index is 11.5. The molecule has 3 heteroatoms. The van der Waals surface area contributed by atoms with Crippen molar-refractivity contribution in [3.05, 3.63) is 65.2 Å². The minimum absolute atomic E-state index is 0.297. The number of esters is 1. The molecule has 104 valence electrons. The summed E-state index contributed by atoms with van der Waals surface area (Å²) in [7, 11) is 1.39. The molecule has 2 aromatic rings. The first-order chi connectivity index (χ1) is 9.70. The van der Waals surface area contributed by atoms with E-state index in [9.17, 15) is 4.79 Å². The number of methoxy groups -OCH3 is 1. The summed E-state index contributed by atoms with van der Waals surface area (Å²) >= 11 is 0. The van der Waals surface area contributed by atoms with Gasteiger partial charge in [-0.15, -0.1) is 0 Å². The van der Waals surface area contributed by atoms with Crippen molar-refractivity contribution < 1.29 is 14.3 Å². The van der Waals surface area contributed by atoms with E-state index >= 15 is 0 Å². The van der Waals surface area contributed by atoms with Crippen LogP contribution in [0.1, 0.15) is 21.5 Å². The quantitative estimate of drug-likeness (QED) is 0.781. The molecule has 2 rings (SSSR count). The molecule has 0 saturated heterocycles. The number of para-hydroxylation sites is 1. The second-order valence-electron chi connectivity index (χ2n) is 4.55. The Morgan fingerprint density at radius 3 is 2.50 bits per heavy atom.